The first kappa shape index (κ1) is 10.2. The second kappa shape index (κ2) is 3.65. The number of carbonyl (C=O) groups excluding carboxylic acids is 2. The molecule has 82 valence electrons. The van der Waals surface area contributed by atoms with E-state index in [1.165, 1.54) is 24.3 Å². The van der Waals surface area contributed by atoms with E-state index in [2.05, 4.69) is 5.43 Å². The van der Waals surface area contributed by atoms with Gasteiger partial charge in [-0.25, -0.2) is 9.80 Å². The lowest BCUT2D eigenvalue weighted by Crippen LogP contribution is -2.35. The van der Waals surface area contributed by atoms with Crippen molar-refractivity contribution in [1.82, 2.24) is 5.43 Å². The molecule has 1 saturated heterocycles. The highest BCUT2D eigenvalue weighted by Crippen LogP contribution is 2.17. The van der Waals surface area contributed by atoms with Gasteiger partial charge in [0.25, 0.3) is 5.91 Å². The van der Waals surface area contributed by atoms with Gasteiger partial charge in [0.15, 0.2) is 0 Å². The Morgan fingerprint density at radius 1 is 1.25 bits per heavy atom. The van der Waals surface area contributed by atoms with Crippen molar-refractivity contribution in [3.05, 3.63) is 29.8 Å². The number of nitrogens with zero attached hydrogens (tertiary/aromatic N) is 1. The number of hydrogen-bond donors (Lipinski definition) is 2. The second-order valence-electron chi connectivity index (χ2n) is 3.29. The van der Waals surface area contributed by atoms with Crippen LogP contribution in [-0.4, -0.2) is 22.9 Å². The molecule has 0 bridgehead atoms. The minimum absolute atomic E-state index is 0.127. The molecule has 0 unspecified atom stereocenters. The number of benzene rings is 1. The third-order valence-corrected chi connectivity index (χ3v) is 2.17. The predicted octanol–water partition coefficient (Wildman–Crippen LogP) is 0.153. The van der Waals surface area contributed by atoms with Crippen molar-refractivity contribution in [3.8, 4) is 0 Å². The standard InChI is InChI=1S/C10H8N2O4/c13-8-5-9(14)12(11-8)7-3-1-6(2-4-7)10(15)16/h1-4H,5H2,(H,11,13)(H,15,16). The zero-order chi connectivity index (χ0) is 11.7. The summed E-state index contributed by atoms with van der Waals surface area (Å²) >= 11 is 0. The van der Waals surface area contributed by atoms with Crippen molar-refractivity contribution >= 4 is 23.5 Å². The first-order valence-electron chi connectivity index (χ1n) is 4.54. The molecule has 1 aromatic carbocycles. The zero-order valence-corrected chi connectivity index (χ0v) is 8.14. The average molecular weight is 220 g/mol. The Morgan fingerprint density at radius 2 is 1.88 bits per heavy atom. The Balaban J connectivity index is 2.25. The molecule has 1 aliphatic rings. The van der Waals surface area contributed by atoms with E-state index in [4.69, 9.17) is 5.11 Å². The molecular formula is C10H8N2O4. The Hall–Kier alpha value is -2.37. The van der Waals surface area contributed by atoms with Crippen molar-refractivity contribution in [2.45, 2.75) is 6.42 Å². The predicted molar refractivity (Wildman–Crippen MR) is 53.6 cm³/mol. The first-order chi connectivity index (χ1) is 7.58. The van der Waals surface area contributed by atoms with Gasteiger partial charge >= 0.3 is 5.97 Å². The molecule has 2 amide bonds. The normalized spacial score (nSPS) is 15.1. The summed E-state index contributed by atoms with van der Waals surface area (Å²) in [5, 5.41) is 9.79. The van der Waals surface area contributed by atoms with Crippen molar-refractivity contribution in [1.29, 1.82) is 0 Å². The smallest absolute Gasteiger partial charge is 0.335 e. The van der Waals surface area contributed by atoms with Crippen LogP contribution in [0.2, 0.25) is 0 Å². The lowest BCUT2D eigenvalue weighted by atomic mass is 10.2. The first-order valence-corrected chi connectivity index (χ1v) is 4.54. The van der Waals surface area contributed by atoms with E-state index in [1.54, 1.807) is 0 Å². The van der Waals surface area contributed by atoms with E-state index < -0.39 is 5.97 Å². The highest BCUT2D eigenvalue weighted by atomic mass is 16.4. The molecule has 1 heterocycles. The summed E-state index contributed by atoms with van der Waals surface area (Å²) in [4.78, 5) is 32.9. The maximum atomic E-state index is 11.3. The molecule has 1 aromatic rings. The molecule has 1 aliphatic heterocycles. The average Bonchev–Trinajstić information content (AvgIpc) is 2.58. The van der Waals surface area contributed by atoms with Crippen molar-refractivity contribution in [2.75, 3.05) is 5.01 Å². The Labute approximate surface area is 90.4 Å². The summed E-state index contributed by atoms with van der Waals surface area (Å²) in [6, 6.07) is 5.67. The maximum Gasteiger partial charge on any atom is 0.335 e. The lowest BCUT2D eigenvalue weighted by Gasteiger charge is -2.14. The van der Waals surface area contributed by atoms with E-state index in [0.717, 1.165) is 5.01 Å². The fourth-order valence-electron chi connectivity index (χ4n) is 1.40. The Kier molecular flexibility index (Phi) is 2.32. The lowest BCUT2D eigenvalue weighted by molar-refractivity contribution is -0.122. The van der Waals surface area contributed by atoms with Gasteiger partial charge in [-0.3, -0.25) is 15.0 Å². The quantitative estimate of drug-likeness (QED) is 0.694. The highest BCUT2D eigenvalue weighted by Gasteiger charge is 2.27. The number of carboxylic acid groups (broad SMARTS) is 1. The summed E-state index contributed by atoms with van der Waals surface area (Å²) in [6.07, 6.45) is -0.180. The molecule has 0 saturated carbocycles. The van der Waals surface area contributed by atoms with E-state index in [9.17, 15) is 14.4 Å². The van der Waals surface area contributed by atoms with Crippen molar-refractivity contribution < 1.29 is 19.5 Å². The van der Waals surface area contributed by atoms with Crippen LogP contribution in [0, 0.1) is 0 Å². The van der Waals surface area contributed by atoms with Crippen LogP contribution in [0.5, 0.6) is 0 Å². The number of hydrogen-bond acceptors (Lipinski definition) is 3. The van der Waals surface area contributed by atoms with Gasteiger partial charge in [-0.1, -0.05) is 0 Å². The van der Waals surface area contributed by atoms with Crippen molar-refractivity contribution in [2.24, 2.45) is 0 Å². The minimum atomic E-state index is -1.04. The van der Waals surface area contributed by atoms with Gasteiger partial charge in [0, 0.05) is 0 Å². The molecule has 6 nitrogen and oxygen atoms in total. The molecule has 2 rings (SSSR count). The number of rotatable bonds is 2. The van der Waals surface area contributed by atoms with Crippen LogP contribution in [0.15, 0.2) is 24.3 Å². The summed E-state index contributed by atoms with van der Waals surface area (Å²) in [5.41, 5.74) is 2.94. The van der Waals surface area contributed by atoms with Crippen LogP contribution in [-0.2, 0) is 9.59 Å². The van der Waals surface area contributed by atoms with Gasteiger partial charge in [-0.2, -0.15) is 0 Å². The van der Waals surface area contributed by atoms with E-state index in [0.29, 0.717) is 5.69 Å². The third-order valence-electron chi connectivity index (χ3n) is 2.17. The molecule has 0 radical (unpaired) electrons. The van der Waals surface area contributed by atoms with Crippen LogP contribution >= 0.6 is 0 Å². The number of anilines is 1. The van der Waals surface area contributed by atoms with Gasteiger partial charge in [0.2, 0.25) is 5.91 Å². The Morgan fingerprint density at radius 3 is 2.31 bits per heavy atom. The largest absolute Gasteiger partial charge is 0.478 e. The van der Waals surface area contributed by atoms with Crippen molar-refractivity contribution in [3.63, 3.8) is 0 Å². The number of nitrogens with one attached hydrogen (secondary N) is 1. The maximum absolute atomic E-state index is 11.3. The fraction of sp³-hybridized carbons (Fsp3) is 0.100. The number of carbonyl (C=O) groups is 3. The minimum Gasteiger partial charge on any atom is -0.478 e. The van der Waals surface area contributed by atoms with E-state index >= 15 is 0 Å². The Bertz CT molecular complexity index is 466. The highest BCUT2D eigenvalue weighted by molar-refractivity contribution is 6.11. The summed E-state index contributed by atoms with van der Waals surface area (Å²) in [6.45, 7) is 0. The van der Waals surface area contributed by atoms with E-state index in [1.807, 2.05) is 0 Å². The van der Waals surface area contributed by atoms with Gasteiger partial charge in [-0.15, -0.1) is 0 Å². The van der Waals surface area contributed by atoms with Gasteiger partial charge in [-0.05, 0) is 24.3 Å². The fourth-order valence-corrected chi connectivity index (χ4v) is 1.40. The summed E-state index contributed by atoms with van der Waals surface area (Å²) < 4.78 is 0. The third kappa shape index (κ3) is 1.72. The van der Waals surface area contributed by atoms with Crippen LogP contribution in [0.25, 0.3) is 0 Å². The molecule has 2 N–H and O–H groups in total. The SMILES string of the molecule is O=C1CC(=O)N(c2ccc(C(=O)O)cc2)N1. The molecule has 0 aromatic heterocycles. The summed E-state index contributed by atoms with van der Waals surface area (Å²) in [7, 11) is 0. The van der Waals surface area contributed by atoms with Gasteiger partial charge < -0.3 is 5.11 Å². The molecule has 6 heteroatoms. The van der Waals surface area contributed by atoms with Crippen LogP contribution < -0.4 is 10.4 Å². The number of amides is 2. The zero-order valence-electron chi connectivity index (χ0n) is 8.14. The second-order valence-corrected chi connectivity index (χ2v) is 3.29. The summed E-state index contributed by atoms with van der Waals surface area (Å²) in [5.74, 6) is -1.76. The topological polar surface area (TPSA) is 86.7 Å². The molecule has 0 atom stereocenters. The monoisotopic (exact) mass is 220 g/mol. The van der Waals surface area contributed by atoms with Gasteiger partial charge in [0.1, 0.15) is 6.42 Å². The van der Waals surface area contributed by atoms with Gasteiger partial charge in [0.05, 0.1) is 11.3 Å². The number of hydrazine groups is 1. The molecule has 0 spiro atoms. The molecular weight excluding hydrogens is 212 g/mol. The van der Waals surface area contributed by atoms with Crippen LogP contribution in [0.1, 0.15) is 16.8 Å². The number of aromatic carboxylic acids is 1. The molecule has 16 heavy (non-hydrogen) atoms. The number of carboxylic acids is 1. The molecule has 1 fully saturated rings. The van der Waals surface area contributed by atoms with Crippen LogP contribution in [0.3, 0.4) is 0 Å². The van der Waals surface area contributed by atoms with Crippen LogP contribution in [0.4, 0.5) is 5.69 Å². The molecule has 0 aliphatic carbocycles. The van der Waals surface area contributed by atoms with E-state index in [-0.39, 0.29) is 23.8 Å².